The van der Waals surface area contributed by atoms with Crippen molar-refractivity contribution >= 4 is 29.5 Å². The minimum atomic E-state index is 0.883. The SMILES string of the molecule is Cc1cc2n(n1)C=C1C(=CC=C(c3ccccc3)N1Cl)N2. The maximum Gasteiger partial charge on any atom is 0.133 e. The number of allylic oxidation sites excluding steroid dienone is 2. The van der Waals surface area contributed by atoms with Crippen molar-refractivity contribution in [2.24, 2.45) is 0 Å². The summed E-state index contributed by atoms with van der Waals surface area (Å²) in [6.07, 6.45) is 5.99. The molecule has 0 saturated carbocycles. The van der Waals surface area contributed by atoms with E-state index < -0.39 is 0 Å². The van der Waals surface area contributed by atoms with Crippen LogP contribution in [-0.4, -0.2) is 14.2 Å². The Balaban J connectivity index is 1.79. The lowest BCUT2D eigenvalue weighted by Crippen LogP contribution is -2.23. The molecule has 0 spiro atoms. The van der Waals surface area contributed by atoms with E-state index in [-0.39, 0.29) is 0 Å². The Morgan fingerprint density at radius 3 is 2.71 bits per heavy atom. The van der Waals surface area contributed by atoms with Gasteiger partial charge in [0.1, 0.15) is 11.5 Å². The van der Waals surface area contributed by atoms with Crippen molar-refractivity contribution < 1.29 is 0 Å². The highest BCUT2D eigenvalue weighted by Crippen LogP contribution is 2.36. The average Bonchev–Trinajstić information content (AvgIpc) is 2.86. The number of fused-ring (bicyclic) bond motifs is 2. The summed E-state index contributed by atoms with van der Waals surface area (Å²) in [7, 11) is 0. The molecule has 4 rings (SSSR count). The Hall–Kier alpha value is -2.46. The third kappa shape index (κ3) is 1.96. The standard InChI is InChI=1S/C16H13ClN4/c1-11-9-16-18-13-7-8-14(12-5-3-2-4-6-12)21(17)15(13)10-20(16)19-11/h2-10,18H,1H3. The molecule has 5 heteroatoms. The Morgan fingerprint density at radius 1 is 1.10 bits per heavy atom. The van der Waals surface area contributed by atoms with E-state index in [1.807, 2.05) is 66.4 Å². The highest BCUT2D eigenvalue weighted by Gasteiger charge is 2.25. The second kappa shape index (κ2) is 4.53. The zero-order valence-electron chi connectivity index (χ0n) is 11.4. The maximum atomic E-state index is 6.54. The molecule has 2 aliphatic rings. The molecule has 21 heavy (non-hydrogen) atoms. The molecule has 0 unspecified atom stereocenters. The van der Waals surface area contributed by atoms with Gasteiger partial charge in [-0.1, -0.05) is 30.3 Å². The van der Waals surface area contributed by atoms with Gasteiger partial charge in [-0.3, -0.25) is 0 Å². The largest absolute Gasteiger partial charge is 0.338 e. The van der Waals surface area contributed by atoms with E-state index in [0.717, 1.165) is 34.2 Å². The highest BCUT2D eigenvalue weighted by atomic mass is 35.5. The van der Waals surface area contributed by atoms with Crippen molar-refractivity contribution in [2.45, 2.75) is 6.92 Å². The van der Waals surface area contributed by atoms with Crippen molar-refractivity contribution in [1.29, 1.82) is 0 Å². The fourth-order valence-corrected chi connectivity index (χ4v) is 2.84. The topological polar surface area (TPSA) is 33.1 Å². The number of hydrogen-bond donors (Lipinski definition) is 1. The average molecular weight is 297 g/mol. The lowest BCUT2D eigenvalue weighted by atomic mass is 10.1. The van der Waals surface area contributed by atoms with Crippen molar-refractivity contribution in [2.75, 3.05) is 5.32 Å². The van der Waals surface area contributed by atoms with Gasteiger partial charge in [-0.25, -0.2) is 9.10 Å². The van der Waals surface area contributed by atoms with Crippen LogP contribution in [0.25, 0.3) is 11.9 Å². The molecule has 0 bridgehead atoms. The van der Waals surface area contributed by atoms with E-state index in [0.29, 0.717) is 0 Å². The number of aryl methyl sites for hydroxylation is 1. The van der Waals surface area contributed by atoms with Gasteiger partial charge < -0.3 is 5.32 Å². The summed E-state index contributed by atoms with van der Waals surface area (Å²) in [4.78, 5) is 0. The summed E-state index contributed by atoms with van der Waals surface area (Å²) in [6.45, 7) is 1.97. The third-order valence-electron chi connectivity index (χ3n) is 3.54. The first-order valence-electron chi connectivity index (χ1n) is 6.71. The van der Waals surface area contributed by atoms with E-state index in [2.05, 4.69) is 10.4 Å². The van der Waals surface area contributed by atoms with Gasteiger partial charge in [0, 0.05) is 17.8 Å². The Kier molecular flexibility index (Phi) is 2.65. The van der Waals surface area contributed by atoms with Crippen LogP contribution in [0, 0.1) is 6.92 Å². The fraction of sp³-hybridized carbons (Fsp3) is 0.0625. The molecule has 104 valence electrons. The number of aromatic nitrogens is 2. The van der Waals surface area contributed by atoms with E-state index in [1.165, 1.54) is 0 Å². The number of nitrogens with one attached hydrogen (secondary N) is 1. The first-order valence-corrected chi connectivity index (χ1v) is 7.05. The lowest BCUT2D eigenvalue weighted by Gasteiger charge is -2.30. The normalized spacial score (nSPS) is 16.3. The summed E-state index contributed by atoms with van der Waals surface area (Å²) < 4.78 is 3.48. The zero-order valence-corrected chi connectivity index (χ0v) is 12.2. The van der Waals surface area contributed by atoms with E-state index >= 15 is 0 Å². The smallest absolute Gasteiger partial charge is 0.133 e. The number of anilines is 1. The molecule has 1 aromatic carbocycles. The molecule has 4 nitrogen and oxygen atoms in total. The molecular formula is C16H13ClN4. The Morgan fingerprint density at radius 2 is 1.90 bits per heavy atom. The molecule has 3 heterocycles. The summed E-state index contributed by atoms with van der Waals surface area (Å²) in [6, 6.07) is 12.1. The molecule has 0 atom stereocenters. The molecule has 0 aliphatic carbocycles. The Labute approximate surface area is 127 Å². The first-order chi connectivity index (χ1) is 10.2. The van der Waals surface area contributed by atoms with E-state index in [9.17, 15) is 0 Å². The van der Waals surface area contributed by atoms with Crippen LogP contribution in [0.2, 0.25) is 0 Å². The molecule has 1 aromatic heterocycles. The minimum absolute atomic E-state index is 0.883. The molecule has 0 amide bonds. The van der Waals surface area contributed by atoms with Crippen LogP contribution in [0.4, 0.5) is 5.82 Å². The van der Waals surface area contributed by atoms with Crippen molar-refractivity contribution in [1.82, 2.24) is 14.2 Å². The van der Waals surface area contributed by atoms with Gasteiger partial charge in [0.15, 0.2) is 0 Å². The monoisotopic (exact) mass is 296 g/mol. The van der Waals surface area contributed by atoms with Crippen LogP contribution in [0.1, 0.15) is 11.3 Å². The molecule has 2 aliphatic heterocycles. The van der Waals surface area contributed by atoms with Crippen LogP contribution >= 0.6 is 11.8 Å². The van der Waals surface area contributed by atoms with Gasteiger partial charge in [-0.15, -0.1) is 0 Å². The van der Waals surface area contributed by atoms with Crippen molar-refractivity contribution in [3.8, 4) is 0 Å². The molecule has 0 fully saturated rings. The van der Waals surface area contributed by atoms with Gasteiger partial charge in [0.05, 0.1) is 23.3 Å². The van der Waals surface area contributed by atoms with Crippen molar-refractivity contribution in [3.05, 3.63) is 71.2 Å². The van der Waals surface area contributed by atoms with Gasteiger partial charge in [0.2, 0.25) is 0 Å². The fourth-order valence-electron chi connectivity index (χ4n) is 2.56. The van der Waals surface area contributed by atoms with Crippen LogP contribution in [0.3, 0.4) is 0 Å². The summed E-state index contributed by atoms with van der Waals surface area (Å²) in [5, 5.41) is 7.76. The summed E-state index contributed by atoms with van der Waals surface area (Å²) >= 11 is 6.54. The van der Waals surface area contributed by atoms with Crippen LogP contribution in [0.5, 0.6) is 0 Å². The number of hydrogen-bond acceptors (Lipinski definition) is 3. The predicted molar refractivity (Wildman–Crippen MR) is 85.1 cm³/mol. The maximum absolute atomic E-state index is 6.54. The number of rotatable bonds is 1. The first kappa shape index (κ1) is 12.3. The van der Waals surface area contributed by atoms with Crippen LogP contribution in [0.15, 0.2) is 59.9 Å². The van der Waals surface area contributed by atoms with Crippen molar-refractivity contribution in [3.63, 3.8) is 0 Å². The quantitative estimate of drug-likeness (QED) is 0.812. The number of nitrogens with zero attached hydrogens (tertiary/aromatic N) is 3. The number of halogens is 1. The van der Waals surface area contributed by atoms with Crippen LogP contribution < -0.4 is 5.32 Å². The molecule has 2 aromatic rings. The summed E-state index contributed by atoms with van der Waals surface area (Å²) in [5.74, 6) is 0.948. The zero-order chi connectivity index (χ0) is 14.4. The predicted octanol–water partition coefficient (Wildman–Crippen LogP) is 3.81. The molecule has 0 saturated heterocycles. The lowest BCUT2D eigenvalue weighted by molar-refractivity contribution is 0.758. The van der Waals surface area contributed by atoms with E-state index in [1.54, 1.807) is 4.42 Å². The summed E-state index contributed by atoms with van der Waals surface area (Å²) in [5.41, 5.74) is 4.84. The van der Waals surface area contributed by atoms with Gasteiger partial charge >= 0.3 is 0 Å². The second-order valence-electron chi connectivity index (χ2n) is 5.03. The molecule has 0 radical (unpaired) electrons. The van der Waals surface area contributed by atoms with Crippen LogP contribution in [-0.2, 0) is 0 Å². The van der Waals surface area contributed by atoms with E-state index in [4.69, 9.17) is 11.8 Å². The van der Waals surface area contributed by atoms with Gasteiger partial charge in [0.25, 0.3) is 0 Å². The van der Waals surface area contributed by atoms with Gasteiger partial charge in [-0.2, -0.15) is 5.10 Å². The Bertz CT molecular complexity index is 799. The third-order valence-corrected chi connectivity index (χ3v) is 3.91. The highest BCUT2D eigenvalue weighted by molar-refractivity contribution is 6.20. The van der Waals surface area contributed by atoms with Gasteiger partial charge in [-0.05, 0) is 24.6 Å². The minimum Gasteiger partial charge on any atom is -0.338 e. The number of benzene rings is 1. The molecule has 1 N–H and O–H groups in total. The second-order valence-corrected chi connectivity index (χ2v) is 5.37. The molecular weight excluding hydrogens is 284 g/mol.